The fourth-order valence-corrected chi connectivity index (χ4v) is 6.36. The lowest BCUT2D eigenvalue weighted by atomic mass is 9.70. The number of ether oxygens (including phenoxy) is 4. The van der Waals surface area contributed by atoms with Gasteiger partial charge in [0.15, 0.2) is 0 Å². The molecule has 0 aromatic heterocycles. The molecule has 2 aromatic rings. The van der Waals surface area contributed by atoms with Crippen molar-refractivity contribution in [1.29, 1.82) is 0 Å². The maximum atomic E-state index is 14.0. The molecule has 6 rings (SSSR count). The van der Waals surface area contributed by atoms with Crippen LogP contribution in [0.4, 0.5) is 4.79 Å². The molecule has 10 nitrogen and oxygen atoms in total. The Balaban J connectivity index is 1.56. The Morgan fingerprint density at radius 1 is 1.03 bits per heavy atom. The fourth-order valence-electron chi connectivity index (χ4n) is 6.36. The quantitative estimate of drug-likeness (QED) is 0.337. The molecular weight excluding hydrogens is 492 g/mol. The number of allylic oxidation sites excluding steroid dienone is 1. The third kappa shape index (κ3) is 2.92. The van der Waals surface area contributed by atoms with Crippen LogP contribution in [0.2, 0.25) is 0 Å². The van der Waals surface area contributed by atoms with Gasteiger partial charge in [0.05, 0.1) is 31.2 Å². The Kier molecular flexibility index (Phi) is 5.36. The molecule has 4 atom stereocenters. The highest BCUT2D eigenvalue weighted by atomic mass is 16.6. The molecule has 38 heavy (non-hydrogen) atoms. The molecule has 2 fully saturated rings. The van der Waals surface area contributed by atoms with Crippen LogP contribution in [0.5, 0.6) is 0 Å². The normalized spacial score (nSPS) is 28.2. The molecule has 4 aliphatic rings. The molecule has 0 unspecified atom stereocenters. The van der Waals surface area contributed by atoms with Gasteiger partial charge >= 0.3 is 18.0 Å². The van der Waals surface area contributed by atoms with Gasteiger partial charge in [-0.2, -0.15) is 0 Å². The second-order valence-electron chi connectivity index (χ2n) is 9.64. The van der Waals surface area contributed by atoms with E-state index in [4.69, 9.17) is 18.9 Å². The maximum Gasteiger partial charge on any atom is 0.418 e. The number of fused-ring (bicyclic) bond motifs is 4. The van der Waals surface area contributed by atoms with Crippen LogP contribution < -0.4 is 0 Å². The van der Waals surface area contributed by atoms with E-state index >= 15 is 0 Å². The van der Waals surface area contributed by atoms with Gasteiger partial charge in [-0.3, -0.25) is 9.69 Å². The zero-order valence-electron chi connectivity index (χ0n) is 21.1. The summed E-state index contributed by atoms with van der Waals surface area (Å²) < 4.78 is 22.5. The van der Waals surface area contributed by atoms with Crippen molar-refractivity contribution in [3.05, 3.63) is 82.6 Å². The molecule has 2 aromatic carbocycles. The number of hydrogen-bond donors (Lipinski definition) is 0. The van der Waals surface area contributed by atoms with E-state index < -0.39 is 47.3 Å². The van der Waals surface area contributed by atoms with E-state index in [1.165, 1.54) is 16.9 Å². The Hall–Kier alpha value is -4.18. The largest absolute Gasteiger partial charge is 0.466 e. The summed E-state index contributed by atoms with van der Waals surface area (Å²) >= 11 is 0. The second-order valence-corrected chi connectivity index (χ2v) is 9.64. The summed E-state index contributed by atoms with van der Waals surface area (Å²) in [7, 11) is 1.18. The molecular formula is C28H26N2O8. The monoisotopic (exact) mass is 518 g/mol. The van der Waals surface area contributed by atoms with Crippen molar-refractivity contribution in [2.75, 3.05) is 13.7 Å². The number of carbonyl (C=O) groups excluding carboxylic acids is 4. The molecule has 0 N–H and O–H groups in total. The fraction of sp³-hybridized carbons (Fsp3) is 0.357. The zero-order chi connectivity index (χ0) is 26.8. The van der Waals surface area contributed by atoms with Crippen LogP contribution in [-0.4, -0.2) is 58.9 Å². The number of esters is 2. The number of nitrogens with zero attached hydrogens (tertiary/aromatic N) is 2. The van der Waals surface area contributed by atoms with Crippen molar-refractivity contribution < 1.29 is 38.1 Å². The molecule has 0 aliphatic carbocycles. The molecule has 196 valence electrons. The molecule has 2 saturated heterocycles. The first-order chi connectivity index (χ1) is 18.3. The van der Waals surface area contributed by atoms with E-state index in [0.29, 0.717) is 5.56 Å². The van der Waals surface area contributed by atoms with Crippen molar-refractivity contribution in [1.82, 2.24) is 9.80 Å². The van der Waals surface area contributed by atoms with Crippen molar-refractivity contribution in [3.8, 4) is 0 Å². The number of methoxy groups -OCH3 is 1. The number of benzene rings is 2. The van der Waals surface area contributed by atoms with Gasteiger partial charge in [0.25, 0.3) is 5.91 Å². The van der Waals surface area contributed by atoms with Gasteiger partial charge in [0.1, 0.15) is 6.61 Å². The second kappa shape index (κ2) is 8.42. The molecule has 2 amide bonds. The smallest absolute Gasteiger partial charge is 0.418 e. The number of piperidine rings is 1. The number of amides is 2. The van der Waals surface area contributed by atoms with Crippen molar-refractivity contribution >= 4 is 23.9 Å². The highest BCUT2D eigenvalue weighted by Crippen LogP contribution is 2.67. The van der Waals surface area contributed by atoms with Crippen LogP contribution in [0, 0.1) is 0 Å². The predicted octanol–water partition coefficient (Wildman–Crippen LogP) is 3.14. The van der Waals surface area contributed by atoms with Gasteiger partial charge in [0, 0.05) is 12.1 Å². The van der Waals surface area contributed by atoms with Crippen LogP contribution in [0.1, 0.15) is 48.9 Å². The average molecular weight is 519 g/mol. The van der Waals surface area contributed by atoms with Crippen LogP contribution in [0.15, 0.2) is 65.9 Å². The molecule has 4 heterocycles. The third-order valence-corrected chi connectivity index (χ3v) is 7.82. The van der Waals surface area contributed by atoms with Gasteiger partial charge in [0.2, 0.25) is 11.4 Å². The highest BCUT2D eigenvalue weighted by Gasteiger charge is 2.82. The number of carbonyl (C=O) groups is 4. The summed E-state index contributed by atoms with van der Waals surface area (Å²) in [6.45, 7) is 3.32. The molecule has 4 aliphatic heterocycles. The topological polar surface area (TPSA) is 112 Å². The summed E-state index contributed by atoms with van der Waals surface area (Å²) in [4.78, 5) is 56.9. The Morgan fingerprint density at radius 3 is 2.39 bits per heavy atom. The predicted molar refractivity (Wildman–Crippen MR) is 130 cm³/mol. The molecule has 0 radical (unpaired) electrons. The lowest BCUT2D eigenvalue weighted by Gasteiger charge is -2.57. The van der Waals surface area contributed by atoms with E-state index in [2.05, 4.69) is 0 Å². The Bertz CT molecular complexity index is 1400. The lowest BCUT2D eigenvalue weighted by molar-refractivity contribution is -0.209. The van der Waals surface area contributed by atoms with Gasteiger partial charge in [-0.15, -0.1) is 0 Å². The Labute approximate surface area is 218 Å². The first-order valence-electron chi connectivity index (χ1n) is 12.4. The summed E-state index contributed by atoms with van der Waals surface area (Å²) in [6.07, 6.45) is -0.847. The van der Waals surface area contributed by atoms with Crippen molar-refractivity contribution in [3.63, 3.8) is 0 Å². The van der Waals surface area contributed by atoms with E-state index in [1.807, 2.05) is 54.6 Å². The van der Waals surface area contributed by atoms with Crippen LogP contribution >= 0.6 is 0 Å². The molecule has 1 spiro atoms. The van der Waals surface area contributed by atoms with Gasteiger partial charge in [-0.05, 0) is 30.5 Å². The minimum atomic E-state index is -1.96. The van der Waals surface area contributed by atoms with Crippen LogP contribution in [0.3, 0.4) is 0 Å². The first kappa shape index (κ1) is 24.2. The van der Waals surface area contributed by atoms with E-state index in [0.717, 1.165) is 11.1 Å². The lowest BCUT2D eigenvalue weighted by Crippen LogP contribution is -2.70. The molecule has 3 bridgehead atoms. The van der Waals surface area contributed by atoms with Crippen LogP contribution in [-0.2, 0) is 39.9 Å². The van der Waals surface area contributed by atoms with Crippen molar-refractivity contribution in [2.45, 2.75) is 50.3 Å². The summed E-state index contributed by atoms with van der Waals surface area (Å²) in [5.74, 6) is -4.53. The third-order valence-electron chi connectivity index (χ3n) is 7.82. The summed E-state index contributed by atoms with van der Waals surface area (Å²) in [5, 5.41) is 0. The maximum absolute atomic E-state index is 14.0. The summed E-state index contributed by atoms with van der Waals surface area (Å²) in [6, 6.07) is 15.5. The van der Waals surface area contributed by atoms with Gasteiger partial charge in [-0.1, -0.05) is 54.6 Å². The van der Waals surface area contributed by atoms with Gasteiger partial charge in [-0.25, -0.2) is 19.3 Å². The van der Waals surface area contributed by atoms with Crippen molar-refractivity contribution in [2.24, 2.45) is 0 Å². The number of rotatable bonds is 5. The highest BCUT2D eigenvalue weighted by molar-refractivity contribution is 6.11. The van der Waals surface area contributed by atoms with E-state index in [9.17, 15) is 19.2 Å². The van der Waals surface area contributed by atoms with E-state index in [1.54, 1.807) is 13.8 Å². The van der Waals surface area contributed by atoms with Gasteiger partial charge < -0.3 is 18.9 Å². The summed E-state index contributed by atoms with van der Waals surface area (Å²) in [5.41, 5.74) is 0.604. The first-order valence-corrected chi connectivity index (χ1v) is 12.4. The minimum Gasteiger partial charge on any atom is -0.466 e. The SMILES string of the molecule is CCOC(=O)C1=C(C)N(C(=O)OCc2ccccc2)[C@]23O[C@]4(C(=O)OC)C[C@H]2c2ccccc2[C@H]1N3C4=O. The minimum absolute atomic E-state index is 0.0246. The number of hydrogen-bond acceptors (Lipinski definition) is 8. The molecule has 0 saturated carbocycles. The standard InChI is InChI=1S/C28H26N2O8/c1-4-36-23(31)21-16(2)29(26(34)37-15-17-10-6-5-7-11-17)28-20-14-27(38-28,25(33)35-3)24(32)30(28)22(21)19-13-9-8-12-18(19)20/h5-13,20,22H,4,14-15H2,1-3H3/t20-,22+,27+,28+/m0/s1. The average Bonchev–Trinajstić information content (AvgIpc) is 3.41. The molecule has 10 heteroatoms. The Morgan fingerprint density at radius 2 is 1.71 bits per heavy atom. The van der Waals surface area contributed by atoms with E-state index in [-0.39, 0.29) is 30.9 Å². The zero-order valence-corrected chi connectivity index (χ0v) is 21.1. The van der Waals surface area contributed by atoms with Crippen LogP contribution in [0.25, 0.3) is 0 Å².